The predicted molar refractivity (Wildman–Crippen MR) is 65.9 cm³/mol. The molecular formula is C12H14BrF2NO. The molecule has 0 fully saturated rings. The van der Waals surface area contributed by atoms with Crippen molar-refractivity contribution in [2.75, 3.05) is 0 Å². The van der Waals surface area contributed by atoms with E-state index in [1.54, 1.807) is 13.8 Å². The molecule has 1 amide bonds. The number of halogens is 3. The van der Waals surface area contributed by atoms with Gasteiger partial charge in [-0.05, 0) is 32.9 Å². The maximum Gasteiger partial charge on any atom is 0.236 e. The van der Waals surface area contributed by atoms with Gasteiger partial charge in [0.15, 0.2) is 0 Å². The van der Waals surface area contributed by atoms with Crippen LogP contribution in [0.15, 0.2) is 18.2 Å². The van der Waals surface area contributed by atoms with E-state index in [1.807, 2.05) is 0 Å². The van der Waals surface area contributed by atoms with Gasteiger partial charge in [0.05, 0.1) is 10.4 Å². The highest BCUT2D eigenvalue weighted by Gasteiger charge is 2.26. The Hall–Kier alpha value is -0.970. The molecule has 0 heterocycles. The van der Waals surface area contributed by atoms with Gasteiger partial charge < -0.3 is 5.32 Å². The van der Waals surface area contributed by atoms with Crippen LogP contribution in [0.1, 0.15) is 32.4 Å². The molecule has 0 spiro atoms. The predicted octanol–water partition coefficient (Wildman–Crippen LogP) is 3.32. The van der Waals surface area contributed by atoms with Gasteiger partial charge in [-0.3, -0.25) is 4.79 Å². The fourth-order valence-corrected chi connectivity index (χ4v) is 1.48. The zero-order chi connectivity index (χ0) is 13.2. The smallest absolute Gasteiger partial charge is 0.236 e. The van der Waals surface area contributed by atoms with Crippen molar-refractivity contribution in [3.05, 3.63) is 35.4 Å². The van der Waals surface area contributed by atoms with E-state index >= 15 is 0 Å². The van der Waals surface area contributed by atoms with Crippen LogP contribution in [0, 0.1) is 11.6 Å². The number of hydrogen-bond acceptors (Lipinski definition) is 1. The number of carbonyl (C=O) groups excluding carboxylic acids is 1. The number of benzene rings is 1. The van der Waals surface area contributed by atoms with E-state index in [2.05, 4.69) is 21.2 Å². The van der Waals surface area contributed by atoms with Gasteiger partial charge >= 0.3 is 0 Å². The lowest BCUT2D eigenvalue weighted by Gasteiger charge is -2.21. The van der Waals surface area contributed by atoms with E-state index in [0.29, 0.717) is 0 Å². The van der Waals surface area contributed by atoms with Gasteiger partial charge in [-0.2, -0.15) is 0 Å². The molecule has 0 aromatic heterocycles. The average molecular weight is 306 g/mol. The fraction of sp³-hybridized carbons (Fsp3) is 0.417. The van der Waals surface area contributed by atoms with Crippen molar-refractivity contribution in [2.24, 2.45) is 0 Å². The summed E-state index contributed by atoms with van der Waals surface area (Å²) in [4.78, 5) is 11.7. The molecule has 0 aliphatic carbocycles. The van der Waals surface area contributed by atoms with Crippen LogP contribution in [0.25, 0.3) is 0 Å². The molecule has 5 heteroatoms. The third-order valence-corrected chi connectivity index (χ3v) is 2.68. The minimum Gasteiger partial charge on any atom is -0.348 e. The Morgan fingerprint density at radius 2 is 1.82 bits per heavy atom. The average Bonchev–Trinajstić information content (AvgIpc) is 2.15. The molecule has 1 N–H and O–H groups in total. The van der Waals surface area contributed by atoms with Gasteiger partial charge in [-0.15, -0.1) is 0 Å². The fourth-order valence-electron chi connectivity index (χ4n) is 1.36. The zero-order valence-electron chi connectivity index (χ0n) is 9.85. The maximum absolute atomic E-state index is 13.4. The first-order valence-electron chi connectivity index (χ1n) is 5.17. The van der Waals surface area contributed by atoms with Crippen LogP contribution in [-0.4, -0.2) is 10.2 Å². The lowest BCUT2D eigenvalue weighted by atomic mass is 10.1. The largest absolute Gasteiger partial charge is 0.348 e. The van der Waals surface area contributed by atoms with Crippen molar-refractivity contribution in [2.45, 2.75) is 31.1 Å². The number of nitrogens with one attached hydrogen (secondary N) is 1. The number of amides is 1. The lowest BCUT2D eigenvalue weighted by Crippen LogP contribution is -2.39. The van der Waals surface area contributed by atoms with Crippen molar-refractivity contribution in [3.8, 4) is 0 Å². The Balaban J connectivity index is 2.91. The minimum atomic E-state index is -0.775. The van der Waals surface area contributed by atoms with Gasteiger partial charge in [-0.25, -0.2) is 8.78 Å². The summed E-state index contributed by atoms with van der Waals surface area (Å²) in [6, 6.07) is 2.90. The Bertz CT molecular complexity index is 409. The van der Waals surface area contributed by atoms with Crippen molar-refractivity contribution < 1.29 is 13.6 Å². The quantitative estimate of drug-likeness (QED) is 0.853. The Kier molecular flexibility index (Phi) is 4.25. The van der Waals surface area contributed by atoms with Crippen LogP contribution in [0.5, 0.6) is 0 Å². The van der Waals surface area contributed by atoms with Gasteiger partial charge in [0.1, 0.15) is 11.6 Å². The third kappa shape index (κ3) is 3.49. The van der Waals surface area contributed by atoms with Gasteiger partial charge in [-0.1, -0.05) is 22.0 Å². The van der Waals surface area contributed by atoms with Crippen molar-refractivity contribution in [1.29, 1.82) is 0 Å². The monoisotopic (exact) mass is 305 g/mol. The summed E-state index contributed by atoms with van der Waals surface area (Å²) in [7, 11) is 0. The van der Waals surface area contributed by atoms with Crippen molar-refractivity contribution >= 4 is 21.8 Å². The highest BCUT2D eigenvalue weighted by atomic mass is 79.9. The minimum absolute atomic E-state index is 0.127. The SMILES string of the molecule is CC(NC(=O)C(C)(C)Br)c1c(F)cccc1F. The number of carbonyl (C=O) groups is 1. The molecule has 1 unspecified atom stereocenters. The maximum atomic E-state index is 13.4. The van der Waals surface area contributed by atoms with Crippen molar-refractivity contribution in [3.63, 3.8) is 0 Å². The standard InChI is InChI=1S/C12H14BrF2NO/c1-7(16-11(17)12(2,3)13)10-8(14)5-4-6-9(10)15/h4-7H,1-3H3,(H,16,17). The van der Waals surface area contributed by atoms with Crippen LogP contribution in [0.2, 0.25) is 0 Å². The van der Waals surface area contributed by atoms with E-state index in [0.717, 1.165) is 0 Å². The van der Waals surface area contributed by atoms with Crippen LogP contribution >= 0.6 is 15.9 Å². The summed E-state index contributed by atoms with van der Waals surface area (Å²) in [6.07, 6.45) is 0. The van der Waals surface area contributed by atoms with Crippen LogP contribution in [-0.2, 0) is 4.79 Å². The molecule has 17 heavy (non-hydrogen) atoms. The lowest BCUT2D eigenvalue weighted by molar-refractivity contribution is -0.123. The van der Waals surface area contributed by atoms with Crippen LogP contribution in [0.3, 0.4) is 0 Å². The Morgan fingerprint density at radius 1 is 1.35 bits per heavy atom. The first-order chi connectivity index (χ1) is 7.73. The van der Waals surface area contributed by atoms with Crippen molar-refractivity contribution in [1.82, 2.24) is 5.32 Å². The second-order valence-corrected chi connectivity index (χ2v) is 6.29. The molecule has 0 saturated carbocycles. The van der Waals surface area contributed by atoms with Crippen LogP contribution < -0.4 is 5.32 Å². The molecule has 0 radical (unpaired) electrons. The summed E-state index contributed by atoms with van der Waals surface area (Å²) in [5.74, 6) is -1.65. The normalized spacial score (nSPS) is 13.3. The molecule has 2 nitrogen and oxygen atoms in total. The number of hydrogen-bond donors (Lipinski definition) is 1. The number of alkyl halides is 1. The zero-order valence-corrected chi connectivity index (χ0v) is 11.4. The van der Waals surface area contributed by atoms with Gasteiger partial charge in [0.2, 0.25) is 5.91 Å². The van der Waals surface area contributed by atoms with E-state index in [9.17, 15) is 13.6 Å². The van der Waals surface area contributed by atoms with Gasteiger partial charge in [0.25, 0.3) is 0 Å². The summed E-state index contributed by atoms with van der Waals surface area (Å²) < 4.78 is 26.1. The molecule has 1 aromatic carbocycles. The number of rotatable bonds is 3. The highest BCUT2D eigenvalue weighted by molar-refractivity contribution is 9.10. The summed E-state index contributed by atoms with van der Waals surface area (Å²) in [5, 5.41) is 2.55. The summed E-state index contributed by atoms with van der Waals surface area (Å²) in [6.45, 7) is 4.86. The van der Waals surface area contributed by atoms with E-state index in [-0.39, 0.29) is 11.5 Å². The molecule has 1 rings (SSSR count). The second-order valence-electron chi connectivity index (χ2n) is 4.30. The van der Waals surface area contributed by atoms with Crippen LogP contribution in [0.4, 0.5) is 8.78 Å². The molecule has 0 bridgehead atoms. The summed E-state index contributed by atoms with van der Waals surface area (Å²) in [5.41, 5.74) is -0.127. The summed E-state index contributed by atoms with van der Waals surface area (Å²) >= 11 is 3.18. The first-order valence-corrected chi connectivity index (χ1v) is 5.96. The third-order valence-electron chi connectivity index (χ3n) is 2.32. The molecule has 0 aliphatic rings. The topological polar surface area (TPSA) is 29.1 Å². The highest BCUT2D eigenvalue weighted by Crippen LogP contribution is 2.22. The van der Waals surface area contributed by atoms with E-state index in [4.69, 9.17) is 0 Å². The molecule has 1 aromatic rings. The second kappa shape index (κ2) is 5.12. The Morgan fingerprint density at radius 3 is 2.24 bits per heavy atom. The first kappa shape index (κ1) is 14.1. The molecule has 0 saturated heterocycles. The molecule has 0 aliphatic heterocycles. The molecule has 1 atom stereocenters. The Labute approximate surface area is 108 Å². The van der Waals surface area contributed by atoms with E-state index < -0.39 is 22.0 Å². The molecule has 94 valence electrons. The molecular weight excluding hydrogens is 292 g/mol. The van der Waals surface area contributed by atoms with E-state index in [1.165, 1.54) is 25.1 Å². The van der Waals surface area contributed by atoms with Gasteiger partial charge in [0, 0.05) is 5.56 Å².